The van der Waals surface area contributed by atoms with Crippen LogP contribution in [0.4, 0.5) is 10.2 Å². The monoisotopic (exact) mass is 392 g/mol. The van der Waals surface area contributed by atoms with Crippen LogP contribution in [0.1, 0.15) is 23.7 Å². The number of pyridine rings is 1. The van der Waals surface area contributed by atoms with E-state index in [1.807, 2.05) is 29.2 Å². The van der Waals surface area contributed by atoms with E-state index in [9.17, 15) is 9.18 Å². The summed E-state index contributed by atoms with van der Waals surface area (Å²) in [5.41, 5.74) is 8.27. The molecule has 0 saturated carbocycles. The fraction of sp³-hybridized carbons (Fsp3) is 0.304. The van der Waals surface area contributed by atoms with Crippen LogP contribution in [0.5, 0.6) is 0 Å². The normalized spacial score (nSPS) is 15.0. The fourth-order valence-corrected chi connectivity index (χ4v) is 3.94. The van der Waals surface area contributed by atoms with Crippen molar-refractivity contribution in [3.05, 3.63) is 60.0 Å². The van der Waals surface area contributed by atoms with Gasteiger partial charge in [0, 0.05) is 37.8 Å². The van der Waals surface area contributed by atoms with E-state index in [0.717, 1.165) is 42.6 Å². The molecule has 3 aromatic rings. The number of nitrogen functional groups attached to an aromatic ring is 1. The number of amides is 1. The molecule has 0 atom stereocenters. The van der Waals surface area contributed by atoms with Gasteiger partial charge in [0.15, 0.2) is 0 Å². The number of halogens is 1. The maximum atomic E-state index is 13.6. The number of carbonyl (C=O) groups is 1. The maximum absolute atomic E-state index is 13.6. The third-order valence-corrected chi connectivity index (χ3v) is 5.51. The van der Waals surface area contributed by atoms with Gasteiger partial charge in [0.05, 0.1) is 5.56 Å². The largest absolute Gasteiger partial charge is 0.383 e. The van der Waals surface area contributed by atoms with Crippen molar-refractivity contribution in [2.24, 2.45) is 0 Å². The lowest BCUT2D eigenvalue weighted by Gasteiger charge is -2.34. The number of carbonyl (C=O) groups excluding carboxylic acids is 1. The lowest BCUT2D eigenvalue weighted by molar-refractivity contribution is 0.0639. The molecule has 5 nitrogen and oxygen atoms in total. The van der Waals surface area contributed by atoms with Gasteiger partial charge >= 0.3 is 0 Å². The highest BCUT2D eigenvalue weighted by Crippen LogP contribution is 2.30. The minimum atomic E-state index is -0.292. The third kappa shape index (κ3) is 3.93. The second-order valence-electron chi connectivity index (χ2n) is 7.46. The van der Waals surface area contributed by atoms with Crippen molar-refractivity contribution in [1.82, 2.24) is 14.8 Å². The standard InChI is InChI=1S/C23H25FN4O/c1-2-8-27-9-11-28(12-10-27)23(29)21-15-26-22(25)20-14-17(6-7-19(20)21)16-4-3-5-18(24)13-16/h3-7,13-15H,2,8-12H2,1H3,(H2,25,26). The zero-order valence-electron chi connectivity index (χ0n) is 16.6. The van der Waals surface area contributed by atoms with Crippen LogP contribution in [0.3, 0.4) is 0 Å². The van der Waals surface area contributed by atoms with Gasteiger partial charge in [-0.1, -0.05) is 31.2 Å². The molecule has 2 N–H and O–H groups in total. The summed E-state index contributed by atoms with van der Waals surface area (Å²) >= 11 is 0. The van der Waals surface area contributed by atoms with Crippen molar-refractivity contribution in [1.29, 1.82) is 0 Å². The second-order valence-corrected chi connectivity index (χ2v) is 7.46. The Kier molecular flexibility index (Phi) is 5.45. The molecule has 29 heavy (non-hydrogen) atoms. The molecule has 0 radical (unpaired) electrons. The summed E-state index contributed by atoms with van der Waals surface area (Å²) in [6.07, 6.45) is 2.69. The molecule has 1 fully saturated rings. The van der Waals surface area contributed by atoms with Crippen molar-refractivity contribution >= 4 is 22.5 Å². The molecule has 2 aromatic carbocycles. The summed E-state index contributed by atoms with van der Waals surface area (Å²) < 4.78 is 13.6. The van der Waals surface area contributed by atoms with Crippen molar-refractivity contribution in [2.75, 3.05) is 38.5 Å². The first-order valence-corrected chi connectivity index (χ1v) is 10.0. The number of anilines is 1. The number of hydrogen-bond donors (Lipinski definition) is 1. The quantitative estimate of drug-likeness (QED) is 0.734. The summed E-state index contributed by atoms with van der Waals surface area (Å²) in [5.74, 6) is 0.0551. The van der Waals surface area contributed by atoms with Crippen molar-refractivity contribution in [3.8, 4) is 11.1 Å². The topological polar surface area (TPSA) is 62.5 Å². The first-order chi connectivity index (χ1) is 14.1. The predicted octanol–water partition coefficient (Wildman–Crippen LogP) is 3.79. The number of nitrogens with two attached hydrogens (primary N) is 1. The van der Waals surface area contributed by atoms with Gasteiger partial charge in [-0.25, -0.2) is 9.37 Å². The average molecular weight is 392 g/mol. The Bertz CT molecular complexity index is 1040. The Morgan fingerprint density at radius 2 is 1.83 bits per heavy atom. The summed E-state index contributed by atoms with van der Waals surface area (Å²) in [4.78, 5) is 21.7. The average Bonchev–Trinajstić information content (AvgIpc) is 2.74. The Morgan fingerprint density at radius 1 is 1.07 bits per heavy atom. The minimum absolute atomic E-state index is 0.0165. The van der Waals surface area contributed by atoms with Crippen molar-refractivity contribution in [2.45, 2.75) is 13.3 Å². The van der Waals surface area contributed by atoms with E-state index >= 15 is 0 Å². The van der Waals surface area contributed by atoms with Gasteiger partial charge in [0.25, 0.3) is 5.91 Å². The number of hydrogen-bond acceptors (Lipinski definition) is 4. The molecule has 2 heterocycles. The van der Waals surface area contributed by atoms with E-state index in [4.69, 9.17) is 5.73 Å². The highest BCUT2D eigenvalue weighted by molar-refractivity contribution is 6.09. The second kappa shape index (κ2) is 8.17. The van der Waals surface area contributed by atoms with Crippen LogP contribution in [-0.4, -0.2) is 53.4 Å². The van der Waals surface area contributed by atoms with Crippen LogP contribution in [0.2, 0.25) is 0 Å². The van der Waals surface area contributed by atoms with Crippen LogP contribution in [0, 0.1) is 5.82 Å². The van der Waals surface area contributed by atoms with Crippen LogP contribution >= 0.6 is 0 Å². The lowest BCUT2D eigenvalue weighted by Crippen LogP contribution is -2.48. The third-order valence-electron chi connectivity index (χ3n) is 5.51. The Morgan fingerprint density at radius 3 is 2.55 bits per heavy atom. The van der Waals surface area contributed by atoms with Crippen LogP contribution in [-0.2, 0) is 0 Å². The summed E-state index contributed by atoms with van der Waals surface area (Å²) in [6.45, 7) is 6.45. The van der Waals surface area contributed by atoms with Gasteiger partial charge in [0.2, 0.25) is 0 Å². The van der Waals surface area contributed by atoms with Gasteiger partial charge in [-0.2, -0.15) is 0 Å². The molecule has 0 bridgehead atoms. The molecule has 1 aliphatic heterocycles. The van der Waals surface area contributed by atoms with E-state index in [-0.39, 0.29) is 11.7 Å². The fourth-order valence-electron chi connectivity index (χ4n) is 3.94. The van der Waals surface area contributed by atoms with E-state index in [1.54, 1.807) is 12.3 Å². The molecule has 150 valence electrons. The first kappa shape index (κ1) is 19.3. The molecule has 1 aliphatic rings. The van der Waals surface area contributed by atoms with E-state index in [0.29, 0.717) is 29.9 Å². The minimum Gasteiger partial charge on any atom is -0.383 e. The predicted molar refractivity (Wildman–Crippen MR) is 114 cm³/mol. The zero-order chi connectivity index (χ0) is 20.4. The van der Waals surface area contributed by atoms with Gasteiger partial charge in [-0.3, -0.25) is 9.69 Å². The number of benzene rings is 2. The smallest absolute Gasteiger partial charge is 0.256 e. The van der Waals surface area contributed by atoms with Crippen molar-refractivity contribution < 1.29 is 9.18 Å². The molecule has 4 rings (SSSR count). The van der Waals surface area contributed by atoms with E-state index in [2.05, 4.69) is 16.8 Å². The highest BCUT2D eigenvalue weighted by atomic mass is 19.1. The molecule has 0 unspecified atom stereocenters. The Labute approximate surface area is 169 Å². The molecular weight excluding hydrogens is 367 g/mol. The molecule has 0 spiro atoms. The number of aromatic nitrogens is 1. The van der Waals surface area contributed by atoms with Gasteiger partial charge < -0.3 is 10.6 Å². The number of nitrogens with zero attached hydrogens (tertiary/aromatic N) is 3. The molecule has 0 aliphatic carbocycles. The summed E-state index contributed by atoms with van der Waals surface area (Å²) in [7, 11) is 0. The van der Waals surface area contributed by atoms with Crippen LogP contribution in [0.15, 0.2) is 48.7 Å². The maximum Gasteiger partial charge on any atom is 0.256 e. The summed E-state index contributed by atoms with van der Waals surface area (Å²) in [6, 6.07) is 12.1. The van der Waals surface area contributed by atoms with Gasteiger partial charge in [-0.15, -0.1) is 0 Å². The number of piperazine rings is 1. The molecule has 1 amide bonds. The Balaban J connectivity index is 1.66. The summed E-state index contributed by atoms with van der Waals surface area (Å²) in [5, 5.41) is 1.49. The molecule has 1 saturated heterocycles. The van der Waals surface area contributed by atoms with Gasteiger partial charge in [-0.05, 0) is 47.7 Å². The van der Waals surface area contributed by atoms with Crippen molar-refractivity contribution in [3.63, 3.8) is 0 Å². The molecule has 1 aromatic heterocycles. The van der Waals surface area contributed by atoms with E-state index in [1.165, 1.54) is 12.1 Å². The SMILES string of the molecule is CCCN1CCN(C(=O)c2cnc(N)c3cc(-c4cccc(F)c4)ccc23)CC1. The number of fused-ring (bicyclic) bond motifs is 1. The lowest BCUT2D eigenvalue weighted by atomic mass is 9.99. The van der Waals surface area contributed by atoms with E-state index < -0.39 is 0 Å². The van der Waals surface area contributed by atoms with Gasteiger partial charge in [0.1, 0.15) is 11.6 Å². The highest BCUT2D eigenvalue weighted by Gasteiger charge is 2.23. The van der Waals surface area contributed by atoms with Crippen LogP contribution < -0.4 is 5.73 Å². The zero-order valence-corrected chi connectivity index (χ0v) is 16.6. The molecule has 6 heteroatoms. The molecular formula is C23H25FN4O. The Hall–Kier alpha value is -2.99. The first-order valence-electron chi connectivity index (χ1n) is 10.0. The number of rotatable bonds is 4. The van der Waals surface area contributed by atoms with Crippen LogP contribution in [0.25, 0.3) is 21.9 Å².